The van der Waals surface area contributed by atoms with Crippen LogP contribution in [0.4, 0.5) is 5.69 Å². The Kier molecular flexibility index (Phi) is 6.16. The maximum atomic E-state index is 12.2. The number of nitrogens with one attached hydrogen (secondary N) is 2. The monoisotopic (exact) mass is 396 g/mol. The lowest BCUT2D eigenvalue weighted by Crippen LogP contribution is -2.36. The molecule has 7 nitrogen and oxygen atoms in total. The zero-order valence-corrected chi connectivity index (χ0v) is 16.4. The van der Waals surface area contributed by atoms with Crippen molar-refractivity contribution < 1.29 is 24.2 Å². The second-order valence-corrected chi connectivity index (χ2v) is 7.26. The van der Waals surface area contributed by atoms with Crippen LogP contribution < -0.4 is 15.4 Å². The van der Waals surface area contributed by atoms with Gasteiger partial charge in [-0.3, -0.25) is 9.59 Å². The smallest absolute Gasteiger partial charge is 0.330 e. The Hall–Kier alpha value is -3.35. The molecule has 1 aliphatic rings. The molecular formula is C22H24N2O5. The summed E-state index contributed by atoms with van der Waals surface area (Å²) in [5.74, 6) is -1.22. The number of carboxylic acids is 1. The summed E-state index contributed by atoms with van der Waals surface area (Å²) in [6.45, 7) is 3.48. The van der Waals surface area contributed by atoms with Gasteiger partial charge in [-0.15, -0.1) is 0 Å². The number of benzene rings is 2. The van der Waals surface area contributed by atoms with E-state index >= 15 is 0 Å². The summed E-state index contributed by atoms with van der Waals surface area (Å²) in [7, 11) is 0. The second-order valence-electron chi connectivity index (χ2n) is 7.26. The normalized spacial score (nSPS) is 14.0. The van der Waals surface area contributed by atoms with Gasteiger partial charge in [0.2, 0.25) is 5.91 Å². The lowest BCUT2D eigenvalue weighted by atomic mass is 10.0. The van der Waals surface area contributed by atoms with Crippen molar-refractivity contribution in [3.8, 4) is 5.75 Å². The molecule has 2 aromatic rings. The molecule has 1 aliphatic carbocycles. The highest BCUT2D eigenvalue weighted by molar-refractivity contribution is 5.94. The standard InChI is InChI=1S/C22H24N2O5/c1-13-6-7-16(10-14(13)2)20(22(27)28)24-19(25)12-29-18-5-3-4-17(11-18)23-21(26)15-8-9-15/h3-7,10-11,15,20H,8-9,12H2,1-2H3,(H,23,26)(H,24,25)(H,27,28). The SMILES string of the molecule is Cc1ccc(C(NC(=O)COc2cccc(NC(=O)C3CC3)c2)C(=O)O)cc1C. The van der Waals surface area contributed by atoms with E-state index in [0.717, 1.165) is 24.0 Å². The van der Waals surface area contributed by atoms with Gasteiger partial charge in [-0.1, -0.05) is 24.3 Å². The van der Waals surface area contributed by atoms with Gasteiger partial charge in [0.25, 0.3) is 5.91 Å². The van der Waals surface area contributed by atoms with Crippen molar-refractivity contribution in [3.63, 3.8) is 0 Å². The van der Waals surface area contributed by atoms with Crippen LogP contribution in [0.15, 0.2) is 42.5 Å². The number of hydrogen-bond donors (Lipinski definition) is 3. The molecule has 7 heteroatoms. The fraction of sp³-hybridized carbons (Fsp3) is 0.318. The quantitative estimate of drug-likeness (QED) is 0.636. The highest BCUT2D eigenvalue weighted by Gasteiger charge is 2.29. The summed E-state index contributed by atoms with van der Waals surface area (Å²) in [4.78, 5) is 35.7. The van der Waals surface area contributed by atoms with Crippen molar-refractivity contribution in [2.75, 3.05) is 11.9 Å². The molecule has 0 bridgehead atoms. The van der Waals surface area contributed by atoms with E-state index in [4.69, 9.17) is 4.74 Å². The van der Waals surface area contributed by atoms with Crippen molar-refractivity contribution in [2.45, 2.75) is 32.7 Å². The van der Waals surface area contributed by atoms with Gasteiger partial charge < -0.3 is 20.5 Å². The molecule has 0 spiro atoms. The lowest BCUT2D eigenvalue weighted by Gasteiger charge is -2.16. The lowest BCUT2D eigenvalue weighted by molar-refractivity contribution is -0.142. The Labute approximate surface area is 169 Å². The van der Waals surface area contributed by atoms with Crippen LogP contribution >= 0.6 is 0 Å². The molecule has 0 heterocycles. The Morgan fingerprint density at radius 2 is 1.86 bits per heavy atom. The van der Waals surface area contributed by atoms with Crippen LogP contribution in [-0.4, -0.2) is 29.5 Å². The predicted octanol–water partition coefficient (Wildman–Crippen LogP) is 2.97. The Morgan fingerprint density at radius 3 is 2.52 bits per heavy atom. The Bertz CT molecular complexity index is 937. The molecule has 0 aromatic heterocycles. The molecule has 3 N–H and O–H groups in total. The number of carbonyl (C=O) groups excluding carboxylic acids is 2. The van der Waals surface area contributed by atoms with E-state index in [0.29, 0.717) is 17.0 Å². The third-order valence-corrected chi connectivity index (χ3v) is 4.84. The van der Waals surface area contributed by atoms with Crippen LogP contribution in [0.5, 0.6) is 5.75 Å². The van der Waals surface area contributed by atoms with Gasteiger partial charge in [0.05, 0.1) is 0 Å². The molecular weight excluding hydrogens is 372 g/mol. The first kappa shape index (κ1) is 20.4. The van der Waals surface area contributed by atoms with Gasteiger partial charge in [0.1, 0.15) is 5.75 Å². The van der Waals surface area contributed by atoms with E-state index in [1.54, 1.807) is 36.4 Å². The van der Waals surface area contributed by atoms with Crippen molar-refractivity contribution in [2.24, 2.45) is 5.92 Å². The van der Waals surface area contributed by atoms with E-state index in [2.05, 4.69) is 10.6 Å². The van der Waals surface area contributed by atoms with Crippen LogP contribution in [0.3, 0.4) is 0 Å². The summed E-state index contributed by atoms with van der Waals surface area (Å²) in [5.41, 5.74) is 3.09. The molecule has 0 radical (unpaired) electrons. The molecule has 1 unspecified atom stereocenters. The summed E-state index contributed by atoms with van der Waals surface area (Å²) < 4.78 is 5.47. The third-order valence-electron chi connectivity index (χ3n) is 4.84. The number of aryl methyl sites for hydroxylation is 2. The van der Waals surface area contributed by atoms with Crippen molar-refractivity contribution in [1.82, 2.24) is 5.32 Å². The second kappa shape index (κ2) is 8.77. The zero-order chi connectivity index (χ0) is 21.0. The Morgan fingerprint density at radius 1 is 1.10 bits per heavy atom. The highest BCUT2D eigenvalue weighted by Crippen LogP contribution is 2.30. The molecule has 2 amide bonds. The molecule has 0 aliphatic heterocycles. The number of carbonyl (C=O) groups is 3. The number of anilines is 1. The van der Waals surface area contributed by atoms with Crippen molar-refractivity contribution in [3.05, 3.63) is 59.2 Å². The molecule has 3 rings (SSSR count). The van der Waals surface area contributed by atoms with Gasteiger partial charge in [0, 0.05) is 17.7 Å². The third kappa shape index (κ3) is 5.57. The Balaban J connectivity index is 1.58. The molecule has 2 aromatic carbocycles. The fourth-order valence-corrected chi connectivity index (χ4v) is 2.84. The maximum Gasteiger partial charge on any atom is 0.330 e. The van der Waals surface area contributed by atoms with E-state index in [1.165, 1.54) is 0 Å². The molecule has 152 valence electrons. The van der Waals surface area contributed by atoms with Gasteiger partial charge >= 0.3 is 5.97 Å². The zero-order valence-electron chi connectivity index (χ0n) is 16.4. The van der Waals surface area contributed by atoms with Crippen molar-refractivity contribution >= 4 is 23.5 Å². The largest absolute Gasteiger partial charge is 0.484 e. The number of carboxylic acid groups (broad SMARTS) is 1. The number of rotatable bonds is 8. The minimum absolute atomic E-state index is 0.0161. The van der Waals surface area contributed by atoms with E-state index < -0.39 is 17.9 Å². The highest BCUT2D eigenvalue weighted by atomic mass is 16.5. The van der Waals surface area contributed by atoms with Gasteiger partial charge in [-0.25, -0.2) is 4.79 Å². The number of ether oxygens (including phenoxy) is 1. The van der Waals surface area contributed by atoms with Crippen LogP contribution in [0.1, 0.15) is 35.6 Å². The average molecular weight is 396 g/mol. The van der Waals surface area contributed by atoms with Gasteiger partial charge in [-0.05, 0) is 55.5 Å². The number of hydrogen-bond acceptors (Lipinski definition) is 4. The predicted molar refractivity (Wildman–Crippen MR) is 108 cm³/mol. The van der Waals surface area contributed by atoms with E-state index in [-0.39, 0.29) is 18.4 Å². The topological polar surface area (TPSA) is 105 Å². The van der Waals surface area contributed by atoms with Crippen LogP contribution in [0, 0.1) is 19.8 Å². The van der Waals surface area contributed by atoms with Crippen molar-refractivity contribution in [1.29, 1.82) is 0 Å². The molecule has 1 atom stereocenters. The maximum absolute atomic E-state index is 12.2. The molecule has 1 saturated carbocycles. The molecule has 1 fully saturated rings. The van der Waals surface area contributed by atoms with Gasteiger partial charge in [-0.2, -0.15) is 0 Å². The van der Waals surface area contributed by atoms with E-state index in [1.807, 2.05) is 19.9 Å². The van der Waals surface area contributed by atoms with Crippen LogP contribution in [0.25, 0.3) is 0 Å². The first-order valence-electron chi connectivity index (χ1n) is 9.46. The first-order valence-corrected chi connectivity index (χ1v) is 9.46. The average Bonchev–Trinajstić information content (AvgIpc) is 3.52. The molecule has 29 heavy (non-hydrogen) atoms. The number of amides is 2. The summed E-state index contributed by atoms with van der Waals surface area (Å²) in [6, 6.07) is 10.9. The van der Waals surface area contributed by atoms with E-state index in [9.17, 15) is 19.5 Å². The minimum Gasteiger partial charge on any atom is -0.484 e. The van der Waals surface area contributed by atoms with Crippen LogP contribution in [0.2, 0.25) is 0 Å². The van der Waals surface area contributed by atoms with Gasteiger partial charge in [0.15, 0.2) is 12.6 Å². The first-order chi connectivity index (χ1) is 13.8. The summed E-state index contributed by atoms with van der Waals surface area (Å²) in [5, 5.41) is 14.8. The number of aliphatic carboxylic acids is 1. The minimum atomic E-state index is -1.16. The van der Waals surface area contributed by atoms with Crippen LogP contribution in [-0.2, 0) is 14.4 Å². The summed E-state index contributed by atoms with van der Waals surface area (Å²) >= 11 is 0. The summed E-state index contributed by atoms with van der Waals surface area (Å²) in [6.07, 6.45) is 1.82. The molecule has 0 saturated heterocycles. The fourth-order valence-electron chi connectivity index (χ4n) is 2.84.